The van der Waals surface area contributed by atoms with Crippen LogP contribution in [0.1, 0.15) is 25.0 Å². The lowest BCUT2D eigenvalue weighted by Gasteiger charge is -2.23. The van der Waals surface area contributed by atoms with E-state index in [2.05, 4.69) is 20.0 Å². The molecule has 22 heavy (non-hydrogen) atoms. The van der Waals surface area contributed by atoms with E-state index in [1.54, 1.807) is 0 Å². The van der Waals surface area contributed by atoms with E-state index in [9.17, 15) is 4.79 Å². The first kappa shape index (κ1) is 13.5. The number of amides is 1. The fraction of sp³-hybridized carbons (Fsp3) is 0.600. The molecule has 2 aliphatic rings. The summed E-state index contributed by atoms with van der Waals surface area (Å²) in [7, 11) is 0. The molecular weight excluding hydrogens is 282 g/mol. The van der Waals surface area contributed by atoms with Crippen molar-refractivity contribution in [3.05, 3.63) is 12.0 Å². The van der Waals surface area contributed by atoms with Gasteiger partial charge >= 0.3 is 0 Å². The zero-order valence-electron chi connectivity index (χ0n) is 12.7. The molecule has 2 fully saturated rings. The molecule has 2 aromatic heterocycles. The Hall–Kier alpha value is -2.18. The molecule has 116 valence electrons. The third kappa shape index (κ3) is 2.30. The second kappa shape index (κ2) is 5.23. The molecule has 1 saturated heterocycles. The standard InChI is InChI=1S/C15H19N5O2/c1-10-12-13(16-9-17-14(12)22-18-10)19-5-2-6-20(8-7-19)15(21)11-3-4-11/h9,11H,2-8H2,1H3. The fourth-order valence-electron chi connectivity index (χ4n) is 3.08. The number of aromatic nitrogens is 3. The lowest BCUT2D eigenvalue weighted by atomic mass is 10.2. The largest absolute Gasteiger partial charge is 0.354 e. The van der Waals surface area contributed by atoms with Crippen molar-refractivity contribution in [1.82, 2.24) is 20.0 Å². The quantitative estimate of drug-likeness (QED) is 0.834. The number of hydrogen-bond donors (Lipinski definition) is 0. The van der Waals surface area contributed by atoms with Gasteiger partial charge in [0, 0.05) is 32.1 Å². The Morgan fingerprint density at radius 3 is 2.91 bits per heavy atom. The maximum absolute atomic E-state index is 12.2. The molecule has 0 bridgehead atoms. The minimum atomic E-state index is 0.289. The molecule has 0 radical (unpaired) electrons. The van der Waals surface area contributed by atoms with Crippen molar-refractivity contribution in [3.63, 3.8) is 0 Å². The number of nitrogens with zero attached hydrogens (tertiary/aromatic N) is 5. The van der Waals surface area contributed by atoms with E-state index in [0.717, 1.165) is 62.3 Å². The summed E-state index contributed by atoms with van der Waals surface area (Å²) in [5.41, 5.74) is 1.33. The lowest BCUT2D eigenvalue weighted by Crippen LogP contribution is -2.36. The van der Waals surface area contributed by atoms with Gasteiger partial charge in [0.05, 0.1) is 5.69 Å². The van der Waals surface area contributed by atoms with Crippen molar-refractivity contribution in [2.45, 2.75) is 26.2 Å². The Kier molecular flexibility index (Phi) is 3.20. The lowest BCUT2D eigenvalue weighted by molar-refractivity contribution is -0.132. The number of fused-ring (bicyclic) bond motifs is 1. The Balaban J connectivity index is 1.57. The van der Waals surface area contributed by atoms with Gasteiger partial charge in [-0.3, -0.25) is 4.79 Å². The number of carbonyl (C=O) groups is 1. The minimum Gasteiger partial charge on any atom is -0.354 e. The van der Waals surface area contributed by atoms with Crippen molar-refractivity contribution in [2.24, 2.45) is 5.92 Å². The molecule has 0 aromatic carbocycles. The minimum absolute atomic E-state index is 0.289. The smallest absolute Gasteiger partial charge is 0.263 e. The second-order valence-corrected chi connectivity index (χ2v) is 6.09. The normalized spacial score (nSPS) is 19.5. The Bertz CT molecular complexity index is 709. The van der Waals surface area contributed by atoms with Gasteiger partial charge in [-0.15, -0.1) is 0 Å². The number of rotatable bonds is 2. The molecule has 0 unspecified atom stereocenters. The van der Waals surface area contributed by atoms with Gasteiger partial charge in [-0.2, -0.15) is 4.98 Å². The molecule has 7 nitrogen and oxygen atoms in total. The van der Waals surface area contributed by atoms with Gasteiger partial charge in [0.1, 0.15) is 17.5 Å². The molecule has 3 heterocycles. The average molecular weight is 301 g/mol. The molecule has 2 aromatic rings. The van der Waals surface area contributed by atoms with E-state index in [-0.39, 0.29) is 5.92 Å². The van der Waals surface area contributed by atoms with E-state index < -0.39 is 0 Å². The molecule has 4 rings (SSSR count). The second-order valence-electron chi connectivity index (χ2n) is 6.09. The first-order chi connectivity index (χ1) is 10.7. The summed E-state index contributed by atoms with van der Waals surface area (Å²) in [6.07, 6.45) is 4.59. The van der Waals surface area contributed by atoms with Gasteiger partial charge in [-0.1, -0.05) is 5.16 Å². The van der Waals surface area contributed by atoms with E-state index >= 15 is 0 Å². The summed E-state index contributed by atoms with van der Waals surface area (Å²) in [6, 6.07) is 0. The molecule has 0 spiro atoms. The van der Waals surface area contributed by atoms with Crippen molar-refractivity contribution >= 4 is 22.8 Å². The average Bonchev–Trinajstić information content (AvgIpc) is 3.34. The van der Waals surface area contributed by atoms with Crippen LogP contribution in [0, 0.1) is 12.8 Å². The van der Waals surface area contributed by atoms with Gasteiger partial charge in [0.25, 0.3) is 5.71 Å². The summed E-state index contributed by atoms with van der Waals surface area (Å²) in [4.78, 5) is 25.0. The summed E-state index contributed by atoms with van der Waals surface area (Å²) in [5, 5.41) is 4.86. The molecule has 1 aliphatic heterocycles. The van der Waals surface area contributed by atoms with Crippen LogP contribution in [-0.2, 0) is 4.79 Å². The van der Waals surface area contributed by atoms with Crippen LogP contribution in [-0.4, -0.2) is 52.1 Å². The van der Waals surface area contributed by atoms with Gasteiger partial charge in [-0.05, 0) is 26.2 Å². The monoisotopic (exact) mass is 301 g/mol. The molecule has 1 saturated carbocycles. The molecule has 7 heteroatoms. The van der Waals surface area contributed by atoms with Crippen molar-refractivity contribution in [1.29, 1.82) is 0 Å². The van der Waals surface area contributed by atoms with Crippen LogP contribution in [0.2, 0.25) is 0 Å². The van der Waals surface area contributed by atoms with Gasteiger partial charge in [0.15, 0.2) is 0 Å². The third-order valence-corrected chi connectivity index (χ3v) is 4.46. The fourth-order valence-corrected chi connectivity index (χ4v) is 3.08. The van der Waals surface area contributed by atoms with Gasteiger partial charge < -0.3 is 14.3 Å². The van der Waals surface area contributed by atoms with E-state index in [1.165, 1.54) is 6.33 Å². The Morgan fingerprint density at radius 2 is 2.09 bits per heavy atom. The van der Waals surface area contributed by atoms with Crippen LogP contribution >= 0.6 is 0 Å². The van der Waals surface area contributed by atoms with Crippen LogP contribution in [0.4, 0.5) is 5.82 Å². The topological polar surface area (TPSA) is 75.4 Å². The van der Waals surface area contributed by atoms with Crippen molar-refractivity contribution < 1.29 is 9.32 Å². The highest BCUT2D eigenvalue weighted by Gasteiger charge is 2.34. The predicted octanol–water partition coefficient (Wildman–Crippen LogP) is 1.37. The number of aryl methyl sites for hydroxylation is 1. The summed E-state index contributed by atoms with van der Waals surface area (Å²) in [5.74, 6) is 1.48. The highest BCUT2D eigenvalue weighted by Crippen LogP contribution is 2.32. The number of hydrogen-bond acceptors (Lipinski definition) is 6. The van der Waals surface area contributed by atoms with E-state index in [1.807, 2.05) is 11.8 Å². The van der Waals surface area contributed by atoms with E-state index in [0.29, 0.717) is 11.6 Å². The molecule has 0 atom stereocenters. The number of carbonyl (C=O) groups excluding carboxylic acids is 1. The summed E-state index contributed by atoms with van der Waals surface area (Å²) < 4.78 is 5.22. The first-order valence-corrected chi connectivity index (χ1v) is 7.85. The Morgan fingerprint density at radius 1 is 1.23 bits per heavy atom. The van der Waals surface area contributed by atoms with Crippen LogP contribution in [0.5, 0.6) is 0 Å². The van der Waals surface area contributed by atoms with Crippen LogP contribution in [0.3, 0.4) is 0 Å². The zero-order chi connectivity index (χ0) is 15.1. The summed E-state index contributed by atoms with van der Waals surface area (Å²) >= 11 is 0. The maximum Gasteiger partial charge on any atom is 0.263 e. The van der Waals surface area contributed by atoms with Crippen molar-refractivity contribution in [3.8, 4) is 0 Å². The first-order valence-electron chi connectivity index (χ1n) is 7.85. The molecular formula is C15H19N5O2. The van der Waals surface area contributed by atoms with Crippen molar-refractivity contribution in [2.75, 3.05) is 31.1 Å². The van der Waals surface area contributed by atoms with Gasteiger partial charge in [-0.25, -0.2) is 4.98 Å². The predicted molar refractivity (Wildman–Crippen MR) is 80.5 cm³/mol. The molecule has 0 N–H and O–H groups in total. The summed E-state index contributed by atoms with van der Waals surface area (Å²) in [6.45, 7) is 5.16. The molecule has 1 aliphatic carbocycles. The van der Waals surface area contributed by atoms with Crippen LogP contribution < -0.4 is 4.90 Å². The highest BCUT2D eigenvalue weighted by atomic mass is 16.5. The highest BCUT2D eigenvalue weighted by molar-refractivity contribution is 5.88. The Labute approximate surface area is 128 Å². The maximum atomic E-state index is 12.2. The molecule has 1 amide bonds. The third-order valence-electron chi connectivity index (χ3n) is 4.46. The van der Waals surface area contributed by atoms with Gasteiger partial charge in [0.2, 0.25) is 5.91 Å². The van der Waals surface area contributed by atoms with Crippen LogP contribution in [0.15, 0.2) is 10.9 Å². The zero-order valence-corrected chi connectivity index (χ0v) is 12.7. The SMILES string of the molecule is Cc1noc2ncnc(N3CCCN(C(=O)C4CC4)CC3)c12. The number of anilines is 1. The van der Waals surface area contributed by atoms with Crippen LogP contribution in [0.25, 0.3) is 11.1 Å². The van der Waals surface area contributed by atoms with E-state index in [4.69, 9.17) is 4.52 Å².